The second-order valence-corrected chi connectivity index (χ2v) is 8.93. The van der Waals surface area contributed by atoms with Gasteiger partial charge in [0.05, 0.1) is 17.3 Å². The molecule has 2 aromatic heterocycles. The highest BCUT2D eigenvalue weighted by Gasteiger charge is 2.23. The van der Waals surface area contributed by atoms with Gasteiger partial charge in [-0.05, 0) is 38.9 Å². The van der Waals surface area contributed by atoms with Crippen molar-refractivity contribution in [1.82, 2.24) is 25.2 Å². The van der Waals surface area contributed by atoms with Gasteiger partial charge in [-0.1, -0.05) is 41.7 Å². The van der Waals surface area contributed by atoms with Crippen molar-refractivity contribution in [2.24, 2.45) is 5.92 Å². The van der Waals surface area contributed by atoms with Crippen molar-refractivity contribution < 1.29 is 9.53 Å². The summed E-state index contributed by atoms with van der Waals surface area (Å²) >= 11 is 1.56. The van der Waals surface area contributed by atoms with Crippen molar-refractivity contribution in [3.05, 3.63) is 48.4 Å². The van der Waals surface area contributed by atoms with E-state index in [0.717, 1.165) is 41.5 Å². The first kappa shape index (κ1) is 22.2. The van der Waals surface area contributed by atoms with Crippen LogP contribution in [-0.2, 0) is 4.79 Å². The van der Waals surface area contributed by atoms with Crippen molar-refractivity contribution >= 4 is 28.2 Å². The fraction of sp³-hybridized carbons (Fsp3) is 0.391. The van der Waals surface area contributed by atoms with Gasteiger partial charge in [-0.3, -0.25) is 4.79 Å². The van der Waals surface area contributed by atoms with Crippen LogP contribution in [0.1, 0.15) is 18.7 Å². The molecule has 1 fully saturated rings. The van der Waals surface area contributed by atoms with Crippen LogP contribution in [0, 0.1) is 12.8 Å². The summed E-state index contributed by atoms with van der Waals surface area (Å²) in [7, 11) is 2.06. The molecular formula is C23H28N6O2S. The molecule has 0 bridgehead atoms. The summed E-state index contributed by atoms with van der Waals surface area (Å²) in [5, 5.41) is 6.95. The minimum atomic E-state index is 0.0601. The summed E-state index contributed by atoms with van der Waals surface area (Å²) < 4.78 is 5.77. The maximum Gasteiger partial charge on any atom is 0.224 e. The number of carbonyl (C=O) groups excluding carboxylic acids is 1. The third-order valence-electron chi connectivity index (χ3n) is 5.26. The van der Waals surface area contributed by atoms with Crippen LogP contribution in [0.15, 0.2) is 42.6 Å². The average molecular weight is 453 g/mol. The molecule has 4 rings (SSSR count). The average Bonchev–Trinajstić information content (AvgIpc) is 3.25. The Balaban J connectivity index is 1.29. The van der Waals surface area contributed by atoms with Crippen LogP contribution in [0.3, 0.4) is 0 Å². The van der Waals surface area contributed by atoms with Gasteiger partial charge in [0, 0.05) is 18.8 Å². The number of hydrogen-bond acceptors (Lipinski definition) is 8. The molecule has 8 nitrogen and oxygen atoms in total. The lowest BCUT2D eigenvalue weighted by Gasteiger charge is -2.28. The van der Waals surface area contributed by atoms with Gasteiger partial charge in [0.15, 0.2) is 5.13 Å². The van der Waals surface area contributed by atoms with E-state index in [1.807, 2.05) is 31.3 Å². The summed E-state index contributed by atoms with van der Waals surface area (Å²) in [6.07, 6.45) is 3.85. The minimum Gasteiger partial charge on any atom is -0.476 e. The van der Waals surface area contributed by atoms with E-state index in [9.17, 15) is 4.79 Å². The van der Waals surface area contributed by atoms with Crippen LogP contribution in [0.2, 0.25) is 0 Å². The SMILES string of the molecule is Cc1nc(Nc2ncc(-c3ccccc3)s2)cc(OCCNC(=O)[C@H]2CCCN(C)C2)n1. The summed E-state index contributed by atoms with van der Waals surface area (Å²) in [5.41, 5.74) is 1.13. The molecule has 0 radical (unpaired) electrons. The summed E-state index contributed by atoms with van der Waals surface area (Å²) in [6.45, 7) is 4.48. The van der Waals surface area contributed by atoms with Crippen LogP contribution in [-0.4, -0.2) is 59.0 Å². The van der Waals surface area contributed by atoms with Crippen molar-refractivity contribution in [3.63, 3.8) is 0 Å². The van der Waals surface area contributed by atoms with Crippen molar-refractivity contribution in [1.29, 1.82) is 0 Å². The highest BCUT2D eigenvalue weighted by atomic mass is 32.1. The monoisotopic (exact) mass is 452 g/mol. The third-order valence-corrected chi connectivity index (χ3v) is 6.22. The molecular weight excluding hydrogens is 424 g/mol. The lowest BCUT2D eigenvalue weighted by molar-refractivity contribution is -0.126. The van der Waals surface area contributed by atoms with Crippen molar-refractivity contribution in [2.45, 2.75) is 19.8 Å². The number of nitrogens with zero attached hydrogens (tertiary/aromatic N) is 4. The number of aryl methyl sites for hydroxylation is 1. The number of nitrogens with one attached hydrogen (secondary N) is 2. The van der Waals surface area contributed by atoms with E-state index < -0.39 is 0 Å². The molecule has 0 aliphatic carbocycles. The first-order chi connectivity index (χ1) is 15.6. The zero-order valence-corrected chi connectivity index (χ0v) is 19.2. The van der Waals surface area contributed by atoms with Crippen LogP contribution in [0.25, 0.3) is 10.4 Å². The lowest BCUT2D eigenvalue weighted by atomic mass is 9.98. The molecule has 1 aliphatic heterocycles. The zero-order chi connectivity index (χ0) is 22.3. The number of hydrogen-bond donors (Lipinski definition) is 2. The topological polar surface area (TPSA) is 92.3 Å². The van der Waals surface area contributed by atoms with E-state index in [2.05, 4.69) is 49.7 Å². The molecule has 2 N–H and O–H groups in total. The van der Waals surface area contributed by atoms with Crippen LogP contribution >= 0.6 is 11.3 Å². The van der Waals surface area contributed by atoms with Crippen LogP contribution in [0.5, 0.6) is 5.88 Å². The number of amides is 1. The molecule has 1 amide bonds. The molecule has 1 aromatic carbocycles. The predicted octanol–water partition coefficient (Wildman–Crippen LogP) is 3.49. The molecule has 168 valence electrons. The van der Waals surface area contributed by atoms with Gasteiger partial charge in [-0.25, -0.2) is 9.97 Å². The summed E-state index contributed by atoms with van der Waals surface area (Å²) in [5.74, 6) is 1.84. The fourth-order valence-electron chi connectivity index (χ4n) is 3.71. The lowest BCUT2D eigenvalue weighted by Crippen LogP contribution is -2.42. The maximum atomic E-state index is 12.3. The van der Waals surface area contributed by atoms with Gasteiger partial charge >= 0.3 is 0 Å². The maximum absolute atomic E-state index is 12.3. The highest BCUT2D eigenvalue weighted by Crippen LogP contribution is 2.30. The Labute approximate surface area is 192 Å². The number of anilines is 2. The molecule has 3 aromatic rings. The molecule has 9 heteroatoms. The van der Waals surface area contributed by atoms with Gasteiger partial charge in [-0.15, -0.1) is 0 Å². The smallest absolute Gasteiger partial charge is 0.224 e. The molecule has 1 atom stereocenters. The highest BCUT2D eigenvalue weighted by molar-refractivity contribution is 7.18. The van der Waals surface area contributed by atoms with Gasteiger partial charge in [0.1, 0.15) is 18.2 Å². The third kappa shape index (κ3) is 6.02. The second-order valence-electron chi connectivity index (χ2n) is 7.90. The van der Waals surface area contributed by atoms with Gasteiger partial charge in [0.2, 0.25) is 11.8 Å². The van der Waals surface area contributed by atoms with Crippen LogP contribution < -0.4 is 15.4 Å². The number of carbonyl (C=O) groups is 1. The number of piperidine rings is 1. The number of ether oxygens (including phenoxy) is 1. The second kappa shape index (κ2) is 10.5. The standard InChI is InChI=1S/C23H28N6O2S/c1-16-26-20(28-23-25-14-19(32-23)17-7-4-3-5-8-17)13-21(27-16)31-12-10-24-22(30)18-9-6-11-29(2)15-18/h3-5,7-8,13-14,18H,6,9-12,15H2,1-2H3,(H,24,30)(H,25,26,27,28)/t18-/m0/s1. The zero-order valence-electron chi connectivity index (χ0n) is 18.4. The first-order valence-corrected chi connectivity index (χ1v) is 11.6. The Kier molecular flexibility index (Phi) is 7.28. The predicted molar refractivity (Wildman–Crippen MR) is 126 cm³/mol. The molecule has 3 heterocycles. The van der Waals surface area contributed by atoms with Crippen LogP contribution in [0.4, 0.5) is 10.9 Å². The molecule has 0 saturated carbocycles. The van der Waals surface area contributed by atoms with E-state index in [1.165, 1.54) is 0 Å². The number of benzene rings is 1. The van der Waals surface area contributed by atoms with E-state index >= 15 is 0 Å². The Morgan fingerprint density at radius 3 is 2.94 bits per heavy atom. The van der Waals surface area contributed by atoms with Gasteiger partial charge in [0.25, 0.3) is 0 Å². The number of thiazole rings is 1. The normalized spacial score (nSPS) is 16.5. The van der Waals surface area contributed by atoms with E-state index in [1.54, 1.807) is 17.4 Å². The van der Waals surface area contributed by atoms with E-state index in [0.29, 0.717) is 30.7 Å². The number of aromatic nitrogens is 3. The molecule has 1 aliphatic rings. The Morgan fingerprint density at radius 2 is 2.12 bits per heavy atom. The molecule has 0 spiro atoms. The van der Waals surface area contributed by atoms with E-state index in [4.69, 9.17) is 4.74 Å². The summed E-state index contributed by atoms with van der Waals surface area (Å²) in [6, 6.07) is 11.9. The fourth-order valence-corrected chi connectivity index (χ4v) is 4.54. The Hall–Kier alpha value is -3.04. The minimum absolute atomic E-state index is 0.0601. The molecule has 32 heavy (non-hydrogen) atoms. The first-order valence-electron chi connectivity index (χ1n) is 10.8. The largest absolute Gasteiger partial charge is 0.476 e. The Morgan fingerprint density at radius 1 is 1.28 bits per heavy atom. The molecule has 1 saturated heterocycles. The molecule has 0 unspecified atom stereocenters. The van der Waals surface area contributed by atoms with E-state index in [-0.39, 0.29) is 11.8 Å². The van der Waals surface area contributed by atoms with Gasteiger partial charge in [-0.2, -0.15) is 4.98 Å². The van der Waals surface area contributed by atoms with Gasteiger partial charge < -0.3 is 20.3 Å². The van der Waals surface area contributed by atoms with Crippen molar-refractivity contribution in [3.8, 4) is 16.3 Å². The Bertz CT molecular complexity index is 1040. The quantitative estimate of drug-likeness (QED) is 0.506. The number of rotatable bonds is 8. The summed E-state index contributed by atoms with van der Waals surface area (Å²) in [4.78, 5) is 28.8. The van der Waals surface area contributed by atoms with Crippen molar-refractivity contribution in [2.75, 3.05) is 38.6 Å². The number of likely N-dealkylation sites (tertiary alicyclic amines) is 1.